The molecule has 0 amide bonds. The molecule has 0 radical (unpaired) electrons. The van der Waals surface area contributed by atoms with E-state index in [1.54, 1.807) is 12.2 Å². The highest BCUT2D eigenvalue weighted by Crippen LogP contribution is 2.07. The van der Waals surface area contributed by atoms with Gasteiger partial charge in [-0.25, -0.2) is 0 Å². The number of rotatable bonds is 5. The summed E-state index contributed by atoms with van der Waals surface area (Å²) in [6, 6.07) is 9.97. The Morgan fingerprint density at radius 1 is 1.38 bits per heavy atom. The fourth-order valence-electron chi connectivity index (χ4n) is 1.15. The van der Waals surface area contributed by atoms with E-state index in [4.69, 9.17) is 10.5 Å². The second-order valence-electron chi connectivity index (χ2n) is 3.31. The van der Waals surface area contributed by atoms with Crippen molar-refractivity contribution >= 4 is 0 Å². The topological polar surface area (TPSA) is 35.2 Å². The third-order valence-electron chi connectivity index (χ3n) is 2.09. The Hall–Kier alpha value is -1.96. The zero-order chi connectivity index (χ0) is 11.8. The Kier molecular flexibility index (Phi) is 4.93. The van der Waals surface area contributed by atoms with E-state index in [1.165, 1.54) is 0 Å². The molecule has 0 aliphatic carbocycles. The summed E-state index contributed by atoms with van der Waals surface area (Å²) in [5.74, 6) is 0.680. The van der Waals surface area contributed by atoms with Crippen LogP contribution in [0.2, 0.25) is 0 Å². The SMILES string of the molecule is C=C/C(=C\C(N)=C/C)OCc1ccccc1. The van der Waals surface area contributed by atoms with Gasteiger partial charge in [0.25, 0.3) is 0 Å². The highest BCUT2D eigenvalue weighted by Gasteiger charge is 1.95. The fraction of sp³-hybridized carbons (Fsp3) is 0.143. The summed E-state index contributed by atoms with van der Waals surface area (Å²) in [4.78, 5) is 0. The van der Waals surface area contributed by atoms with Crippen molar-refractivity contribution in [2.45, 2.75) is 13.5 Å². The van der Waals surface area contributed by atoms with Crippen molar-refractivity contribution in [3.05, 3.63) is 72.2 Å². The van der Waals surface area contributed by atoms with Gasteiger partial charge in [-0.3, -0.25) is 0 Å². The molecule has 84 valence electrons. The van der Waals surface area contributed by atoms with E-state index >= 15 is 0 Å². The quantitative estimate of drug-likeness (QED) is 0.605. The van der Waals surface area contributed by atoms with Crippen LogP contribution >= 0.6 is 0 Å². The van der Waals surface area contributed by atoms with Gasteiger partial charge in [-0.05, 0) is 18.6 Å². The molecule has 0 bridgehead atoms. The monoisotopic (exact) mass is 215 g/mol. The van der Waals surface area contributed by atoms with E-state index < -0.39 is 0 Å². The van der Waals surface area contributed by atoms with E-state index in [9.17, 15) is 0 Å². The first kappa shape index (κ1) is 12.1. The zero-order valence-electron chi connectivity index (χ0n) is 9.52. The van der Waals surface area contributed by atoms with E-state index in [-0.39, 0.29) is 0 Å². The second-order valence-corrected chi connectivity index (χ2v) is 3.31. The number of allylic oxidation sites excluding steroid dienone is 3. The molecule has 2 heteroatoms. The van der Waals surface area contributed by atoms with Crippen molar-refractivity contribution in [3.63, 3.8) is 0 Å². The molecule has 0 atom stereocenters. The van der Waals surface area contributed by atoms with Gasteiger partial charge in [0.05, 0.1) is 0 Å². The summed E-state index contributed by atoms with van der Waals surface area (Å²) in [7, 11) is 0. The summed E-state index contributed by atoms with van der Waals surface area (Å²) < 4.78 is 5.57. The molecule has 1 aromatic rings. The lowest BCUT2D eigenvalue weighted by atomic mass is 10.2. The molecule has 2 nitrogen and oxygen atoms in total. The Labute approximate surface area is 96.7 Å². The lowest BCUT2D eigenvalue weighted by Gasteiger charge is -2.06. The third-order valence-corrected chi connectivity index (χ3v) is 2.09. The first-order valence-corrected chi connectivity index (χ1v) is 5.19. The number of benzene rings is 1. The molecule has 0 aliphatic rings. The van der Waals surface area contributed by atoms with E-state index in [1.807, 2.05) is 43.3 Å². The minimum Gasteiger partial charge on any atom is -0.489 e. The Balaban J connectivity index is 2.59. The van der Waals surface area contributed by atoms with Gasteiger partial charge in [-0.2, -0.15) is 0 Å². The molecule has 0 saturated carbocycles. The normalized spacial score (nSPS) is 12.3. The number of ether oxygens (including phenoxy) is 1. The highest BCUT2D eigenvalue weighted by atomic mass is 16.5. The summed E-state index contributed by atoms with van der Waals surface area (Å²) in [5, 5.41) is 0. The average Bonchev–Trinajstić information content (AvgIpc) is 2.35. The molecule has 0 fully saturated rings. The Bertz CT molecular complexity index is 390. The molecule has 0 spiro atoms. The first-order valence-electron chi connectivity index (χ1n) is 5.19. The lowest BCUT2D eigenvalue weighted by molar-refractivity contribution is 0.211. The van der Waals surface area contributed by atoms with Crippen LogP contribution in [0.1, 0.15) is 12.5 Å². The molecule has 2 N–H and O–H groups in total. The first-order chi connectivity index (χ1) is 7.76. The van der Waals surface area contributed by atoms with Crippen LogP contribution in [-0.2, 0) is 11.3 Å². The summed E-state index contributed by atoms with van der Waals surface area (Å²) >= 11 is 0. The zero-order valence-corrected chi connectivity index (χ0v) is 9.52. The van der Waals surface area contributed by atoms with Gasteiger partial charge in [-0.15, -0.1) is 0 Å². The maximum absolute atomic E-state index is 5.68. The Morgan fingerprint density at radius 2 is 2.06 bits per heavy atom. The van der Waals surface area contributed by atoms with Crippen LogP contribution in [0.15, 0.2) is 66.6 Å². The third kappa shape index (κ3) is 4.05. The van der Waals surface area contributed by atoms with Gasteiger partial charge in [0.15, 0.2) is 0 Å². The van der Waals surface area contributed by atoms with E-state index in [2.05, 4.69) is 6.58 Å². The molecular formula is C14H17NO. The van der Waals surface area contributed by atoms with Crippen molar-refractivity contribution in [3.8, 4) is 0 Å². The largest absolute Gasteiger partial charge is 0.489 e. The van der Waals surface area contributed by atoms with Crippen LogP contribution in [0.25, 0.3) is 0 Å². The second kappa shape index (κ2) is 6.51. The van der Waals surface area contributed by atoms with Crippen molar-refractivity contribution in [1.29, 1.82) is 0 Å². The molecule has 0 aromatic heterocycles. The molecule has 0 unspecified atom stereocenters. The van der Waals surface area contributed by atoms with E-state index in [0.717, 1.165) is 5.56 Å². The molecule has 0 saturated heterocycles. The number of hydrogen-bond acceptors (Lipinski definition) is 2. The van der Waals surface area contributed by atoms with Crippen LogP contribution < -0.4 is 5.73 Å². The summed E-state index contributed by atoms with van der Waals surface area (Å²) in [6.45, 7) is 6.09. The van der Waals surface area contributed by atoms with Gasteiger partial charge >= 0.3 is 0 Å². The minimum absolute atomic E-state index is 0.523. The predicted molar refractivity (Wildman–Crippen MR) is 67.5 cm³/mol. The lowest BCUT2D eigenvalue weighted by Crippen LogP contribution is -1.97. The fourth-order valence-corrected chi connectivity index (χ4v) is 1.15. The van der Waals surface area contributed by atoms with Crippen LogP contribution in [0, 0.1) is 0 Å². The van der Waals surface area contributed by atoms with Crippen molar-refractivity contribution in [2.24, 2.45) is 5.73 Å². The van der Waals surface area contributed by atoms with E-state index in [0.29, 0.717) is 18.1 Å². The summed E-state index contributed by atoms with van der Waals surface area (Å²) in [6.07, 6.45) is 5.23. The molecule has 1 rings (SSSR count). The van der Waals surface area contributed by atoms with Crippen LogP contribution in [0.5, 0.6) is 0 Å². The van der Waals surface area contributed by atoms with Gasteiger partial charge in [-0.1, -0.05) is 43.0 Å². The van der Waals surface area contributed by atoms with Crippen LogP contribution in [0.3, 0.4) is 0 Å². The highest BCUT2D eigenvalue weighted by molar-refractivity contribution is 5.23. The molecular weight excluding hydrogens is 198 g/mol. The number of nitrogens with two attached hydrogens (primary N) is 1. The predicted octanol–water partition coefficient (Wildman–Crippen LogP) is 3.14. The van der Waals surface area contributed by atoms with Gasteiger partial charge in [0.2, 0.25) is 0 Å². The molecule has 16 heavy (non-hydrogen) atoms. The number of hydrogen-bond donors (Lipinski definition) is 1. The molecule has 1 aromatic carbocycles. The van der Waals surface area contributed by atoms with Crippen molar-refractivity contribution < 1.29 is 4.74 Å². The van der Waals surface area contributed by atoms with Crippen molar-refractivity contribution in [1.82, 2.24) is 0 Å². The molecule has 0 aliphatic heterocycles. The van der Waals surface area contributed by atoms with Crippen LogP contribution in [0.4, 0.5) is 0 Å². The maximum Gasteiger partial charge on any atom is 0.121 e. The minimum atomic E-state index is 0.523. The smallest absolute Gasteiger partial charge is 0.121 e. The van der Waals surface area contributed by atoms with Crippen LogP contribution in [-0.4, -0.2) is 0 Å². The van der Waals surface area contributed by atoms with Crippen molar-refractivity contribution in [2.75, 3.05) is 0 Å². The Morgan fingerprint density at radius 3 is 2.62 bits per heavy atom. The van der Waals surface area contributed by atoms with Gasteiger partial charge in [0.1, 0.15) is 12.4 Å². The van der Waals surface area contributed by atoms with Gasteiger partial charge in [0, 0.05) is 11.8 Å². The standard InChI is InChI=1S/C14H17NO/c1-3-13(15)10-14(4-2)16-11-12-8-6-5-7-9-12/h3-10H,2,11,15H2,1H3/b13-3+,14-10+. The maximum atomic E-state index is 5.68. The summed E-state index contributed by atoms with van der Waals surface area (Å²) in [5.41, 5.74) is 7.46. The van der Waals surface area contributed by atoms with Gasteiger partial charge < -0.3 is 10.5 Å². The average molecular weight is 215 g/mol. The molecule has 0 heterocycles.